The molecule has 4 fully saturated rings. The molecule has 49 heavy (non-hydrogen) atoms. The molecule has 4 aliphatic rings. The normalized spacial score (nSPS) is 28.6. The molecule has 2 aliphatic heterocycles. The lowest BCUT2D eigenvalue weighted by Gasteiger charge is -2.37. The number of carboxylic acid groups (broad SMARTS) is 1. The third-order valence-corrected chi connectivity index (χ3v) is 11.6. The van der Waals surface area contributed by atoms with Gasteiger partial charge in [0.25, 0.3) is 0 Å². The molecular weight excluding hydrogens is 628 g/mol. The van der Waals surface area contributed by atoms with Crippen LogP contribution in [0.5, 0.6) is 0 Å². The monoisotopic (exact) mass is 680 g/mol. The number of imidazole rings is 2. The van der Waals surface area contributed by atoms with E-state index in [2.05, 4.69) is 25.3 Å². The first-order chi connectivity index (χ1) is 23.6. The summed E-state index contributed by atoms with van der Waals surface area (Å²) in [6.45, 7) is 4.53. The number of rotatable bonds is 9. The molecule has 5 N–H and O–H groups in total. The Morgan fingerprint density at radius 2 is 1.16 bits per heavy atom. The van der Waals surface area contributed by atoms with Crippen molar-refractivity contribution in [2.24, 2.45) is 11.8 Å². The molecule has 268 valence electrons. The molecule has 4 heterocycles. The van der Waals surface area contributed by atoms with Crippen LogP contribution in [0.15, 0.2) is 12.4 Å². The number of alkyl carbamates (subject to hydrolysis) is 1. The second-order valence-corrected chi connectivity index (χ2v) is 14.6. The zero-order valence-electron chi connectivity index (χ0n) is 29.0. The van der Waals surface area contributed by atoms with Crippen LogP contribution in [0.2, 0.25) is 0 Å². The molecule has 2 aromatic heterocycles. The van der Waals surface area contributed by atoms with Gasteiger partial charge >= 0.3 is 12.2 Å². The average molecular weight is 681 g/mol. The van der Waals surface area contributed by atoms with Gasteiger partial charge < -0.3 is 40.2 Å². The Morgan fingerprint density at radius 3 is 1.57 bits per heavy atom. The number of ether oxygens (including phenoxy) is 1. The third-order valence-electron chi connectivity index (χ3n) is 11.6. The minimum Gasteiger partial charge on any atom is -0.465 e. The van der Waals surface area contributed by atoms with E-state index < -0.39 is 24.3 Å². The topological polar surface area (TPSA) is 186 Å². The van der Waals surface area contributed by atoms with Crippen molar-refractivity contribution in [2.75, 3.05) is 20.2 Å². The van der Waals surface area contributed by atoms with Crippen LogP contribution in [-0.4, -0.2) is 91.1 Å². The second-order valence-electron chi connectivity index (χ2n) is 14.6. The molecule has 0 aromatic carbocycles. The summed E-state index contributed by atoms with van der Waals surface area (Å²) in [5, 5.41) is 13.9. The van der Waals surface area contributed by atoms with Crippen LogP contribution < -0.4 is 10.6 Å². The minimum absolute atomic E-state index is 0.107. The zero-order chi connectivity index (χ0) is 34.7. The highest BCUT2D eigenvalue weighted by atomic mass is 16.5. The fourth-order valence-electron chi connectivity index (χ4n) is 8.91. The summed E-state index contributed by atoms with van der Waals surface area (Å²) in [6, 6.07) is -1.70. The third kappa shape index (κ3) is 7.72. The molecule has 0 bridgehead atoms. The number of aromatic amines is 2. The van der Waals surface area contributed by atoms with E-state index in [0.717, 1.165) is 86.2 Å². The number of carbonyl (C=O) groups is 4. The molecule has 14 heteroatoms. The summed E-state index contributed by atoms with van der Waals surface area (Å²) in [5.41, 5.74) is 2.18. The summed E-state index contributed by atoms with van der Waals surface area (Å²) < 4.78 is 4.66. The summed E-state index contributed by atoms with van der Waals surface area (Å²) in [7, 11) is 1.29. The van der Waals surface area contributed by atoms with Gasteiger partial charge in [0.1, 0.15) is 23.7 Å². The predicted octanol–water partition coefficient (Wildman–Crippen LogP) is 5.11. The molecule has 0 radical (unpaired) electrons. The van der Waals surface area contributed by atoms with Crippen molar-refractivity contribution in [3.8, 4) is 0 Å². The predicted molar refractivity (Wildman–Crippen MR) is 180 cm³/mol. The molecule has 4 amide bonds. The molecule has 2 saturated heterocycles. The lowest BCUT2D eigenvalue weighted by atomic mass is 9.68. The molecule has 0 spiro atoms. The van der Waals surface area contributed by atoms with Crippen LogP contribution in [0.1, 0.15) is 138 Å². The number of methoxy groups -OCH3 is 1. The Balaban J connectivity index is 0.971. The molecule has 6 rings (SSSR count). The van der Waals surface area contributed by atoms with Crippen LogP contribution >= 0.6 is 0 Å². The first kappa shape index (κ1) is 34.8. The van der Waals surface area contributed by atoms with Crippen molar-refractivity contribution in [1.29, 1.82) is 0 Å². The van der Waals surface area contributed by atoms with Crippen molar-refractivity contribution < 1.29 is 29.0 Å². The lowest BCUT2D eigenvalue weighted by molar-refractivity contribution is -0.134. The number of amides is 4. The van der Waals surface area contributed by atoms with Crippen molar-refractivity contribution in [3.63, 3.8) is 0 Å². The first-order valence-electron chi connectivity index (χ1n) is 18.2. The highest BCUT2D eigenvalue weighted by Gasteiger charge is 2.38. The van der Waals surface area contributed by atoms with Crippen LogP contribution in [0.4, 0.5) is 9.59 Å². The summed E-state index contributed by atoms with van der Waals surface area (Å²) in [6.07, 6.45) is 15.0. The number of nitrogens with zero attached hydrogens (tertiary/aromatic N) is 4. The zero-order valence-corrected chi connectivity index (χ0v) is 29.0. The lowest BCUT2D eigenvalue weighted by Crippen LogP contribution is -2.46. The Bertz CT molecular complexity index is 1480. The summed E-state index contributed by atoms with van der Waals surface area (Å²) >= 11 is 0. The van der Waals surface area contributed by atoms with Gasteiger partial charge in [0, 0.05) is 37.3 Å². The molecule has 2 aliphatic carbocycles. The number of nitrogens with one attached hydrogen (secondary N) is 4. The molecule has 14 nitrogen and oxygen atoms in total. The quantitative estimate of drug-likeness (QED) is 0.242. The maximum Gasteiger partial charge on any atom is 0.407 e. The van der Waals surface area contributed by atoms with E-state index in [9.17, 15) is 19.2 Å². The van der Waals surface area contributed by atoms with Gasteiger partial charge in [-0.1, -0.05) is 0 Å². The van der Waals surface area contributed by atoms with Gasteiger partial charge in [-0.2, -0.15) is 0 Å². The highest BCUT2D eigenvalue weighted by Crippen LogP contribution is 2.46. The Labute approximate surface area is 287 Å². The van der Waals surface area contributed by atoms with E-state index in [1.54, 1.807) is 18.7 Å². The van der Waals surface area contributed by atoms with Crippen LogP contribution in [0.25, 0.3) is 0 Å². The van der Waals surface area contributed by atoms with E-state index >= 15 is 0 Å². The van der Waals surface area contributed by atoms with Gasteiger partial charge in [-0.05, 0) is 103 Å². The van der Waals surface area contributed by atoms with Crippen molar-refractivity contribution in [2.45, 2.75) is 127 Å². The van der Waals surface area contributed by atoms with Gasteiger partial charge in [-0.15, -0.1) is 0 Å². The Kier molecular flexibility index (Phi) is 10.8. The van der Waals surface area contributed by atoms with Crippen LogP contribution in [-0.2, 0) is 14.3 Å². The van der Waals surface area contributed by atoms with Crippen LogP contribution in [0, 0.1) is 11.8 Å². The molecule has 0 unspecified atom stereocenters. The second kappa shape index (κ2) is 15.2. The number of carbonyl (C=O) groups excluding carboxylic acids is 3. The number of likely N-dealkylation sites (tertiary alicyclic amines) is 2. The van der Waals surface area contributed by atoms with Gasteiger partial charge in [0.15, 0.2) is 0 Å². The summed E-state index contributed by atoms with van der Waals surface area (Å²) in [5.74, 6) is 3.62. The van der Waals surface area contributed by atoms with E-state index in [4.69, 9.17) is 15.1 Å². The maximum absolute atomic E-state index is 13.1. The fraction of sp³-hybridized carbons (Fsp3) is 0.714. The Hall–Kier alpha value is -4.10. The highest BCUT2D eigenvalue weighted by molar-refractivity contribution is 5.86. The molecule has 2 saturated carbocycles. The van der Waals surface area contributed by atoms with E-state index in [1.807, 2.05) is 17.3 Å². The SMILES string of the molecule is COC(=O)N[C@@H](C)C(=O)N1CCC[C@H]1c1nc(C2CCC(C3CCC(c4c[nH]c([C@@H]5CCCN5C(=O)[C@H](C)NC(=O)O)n4)CC3)CC2)c[nH]1. The number of aromatic nitrogens is 4. The standard InChI is InChI=1S/C35H52N8O6/c1-20(38-34(46)47)32(44)42-16-4-6-28(42)30-36-18-26(40-30)24-12-8-22(9-13-24)23-10-14-25(15-11-23)27-19-37-31(41-27)29-7-5-17-43(29)33(45)21(2)39-35(48)49-3/h18-25,28-29,38H,4-17H2,1-3H3,(H,36,40)(H,37,41)(H,39,48)(H,46,47)/t20-,21-,22?,23?,24?,25?,28-,29-/m0/s1. The molecular formula is C35H52N8O6. The van der Waals surface area contributed by atoms with E-state index in [0.29, 0.717) is 24.9 Å². The fourth-order valence-corrected chi connectivity index (χ4v) is 8.91. The molecule has 2 aromatic rings. The molecule has 4 atom stereocenters. The average Bonchev–Trinajstić information content (AvgIpc) is 3.94. The van der Waals surface area contributed by atoms with Gasteiger partial charge in [0.05, 0.1) is 30.6 Å². The largest absolute Gasteiger partial charge is 0.465 e. The van der Waals surface area contributed by atoms with Crippen molar-refractivity contribution in [3.05, 3.63) is 35.4 Å². The number of H-pyrrole nitrogens is 2. The summed E-state index contributed by atoms with van der Waals surface area (Å²) in [4.78, 5) is 69.0. The van der Waals surface area contributed by atoms with Crippen LogP contribution in [0.3, 0.4) is 0 Å². The first-order valence-corrected chi connectivity index (χ1v) is 18.2. The van der Waals surface area contributed by atoms with Crippen molar-refractivity contribution in [1.82, 2.24) is 40.4 Å². The smallest absolute Gasteiger partial charge is 0.407 e. The van der Waals surface area contributed by atoms with Gasteiger partial charge in [-0.25, -0.2) is 19.6 Å². The van der Waals surface area contributed by atoms with E-state index in [1.165, 1.54) is 32.8 Å². The number of hydrogen-bond acceptors (Lipinski definition) is 7. The maximum atomic E-state index is 13.1. The Morgan fingerprint density at radius 1 is 0.735 bits per heavy atom. The number of hydrogen-bond donors (Lipinski definition) is 5. The minimum atomic E-state index is -1.20. The van der Waals surface area contributed by atoms with Gasteiger partial charge in [-0.3, -0.25) is 9.59 Å². The van der Waals surface area contributed by atoms with Crippen molar-refractivity contribution >= 4 is 24.0 Å². The van der Waals surface area contributed by atoms with Gasteiger partial charge in [0.2, 0.25) is 11.8 Å². The van der Waals surface area contributed by atoms with E-state index in [-0.39, 0.29) is 23.9 Å².